The zero-order valence-electron chi connectivity index (χ0n) is 52.8. The Bertz CT molecular complexity index is 2340. The average Bonchev–Trinajstić information content (AvgIpc) is 2.53. The van der Waals surface area contributed by atoms with Gasteiger partial charge in [-0.25, -0.2) is 14.8 Å². The van der Waals surface area contributed by atoms with E-state index >= 15 is 9.59 Å². The Morgan fingerprint density at radius 1 is 0.824 bits per heavy atom. The maximum absolute atomic E-state index is 15.9. The van der Waals surface area contributed by atoms with Crippen molar-refractivity contribution >= 4 is 35.4 Å². The molecule has 4 fully saturated rings. The van der Waals surface area contributed by atoms with Crippen molar-refractivity contribution in [3.63, 3.8) is 0 Å². The second kappa shape index (κ2) is 32.5. The van der Waals surface area contributed by atoms with Crippen LogP contribution in [0.15, 0.2) is 17.5 Å². The lowest BCUT2D eigenvalue weighted by Crippen LogP contribution is -2.59. The number of rotatable bonds is 20. The number of alkyl carbamates (subject to hydrolysis) is 1. The lowest BCUT2D eigenvalue weighted by Gasteiger charge is -2.45. The molecule has 5 heterocycles. The smallest absolute Gasteiger partial charge is 0.408 e. The number of nitrogens with one attached hydrogen (secondary N) is 2. The first-order valence-corrected chi connectivity index (χ1v) is 29.9. The number of hydrogen-bond acceptors (Lipinski definition) is 24. The summed E-state index contributed by atoms with van der Waals surface area (Å²) in [7, 11) is 4.24. The average molecular weight is 1210 g/mol. The minimum absolute atomic E-state index is 0.00713. The van der Waals surface area contributed by atoms with Crippen LogP contribution in [0.25, 0.3) is 0 Å². The van der Waals surface area contributed by atoms with E-state index in [-0.39, 0.29) is 74.3 Å². The maximum Gasteiger partial charge on any atom is 0.408 e. The number of aliphatic hydroxyl groups is 2. The van der Waals surface area contributed by atoms with Crippen LogP contribution in [0.3, 0.4) is 0 Å². The first-order chi connectivity index (χ1) is 40.1. The van der Waals surface area contributed by atoms with Crippen molar-refractivity contribution in [2.24, 2.45) is 46.6 Å². The van der Waals surface area contributed by atoms with Gasteiger partial charge in [-0.3, -0.25) is 24.1 Å². The molecule has 0 aliphatic carbocycles. The van der Waals surface area contributed by atoms with E-state index in [1.54, 1.807) is 48.5 Å². The number of cyclic esters (lactones) is 1. The number of carbonyl (C=O) groups excluding carboxylic acids is 5. The summed E-state index contributed by atoms with van der Waals surface area (Å²) in [6.45, 7) is 25.9. The van der Waals surface area contributed by atoms with E-state index in [1.165, 1.54) is 28.3 Å². The van der Waals surface area contributed by atoms with Crippen molar-refractivity contribution in [1.82, 2.24) is 25.5 Å². The summed E-state index contributed by atoms with van der Waals surface area (Å²) >= 11 is 0. The van der Waals surface area contributed by atoms with Crippen LogP contribution in [-0.2, 0) is 71.3 Å². The Labute approximate surface area is 500 Å². The third-order valence-electron chi connectivity index (χ3n) is 16.7. The van der Waals surface area contributed by atoms with Gasteiger partial charge in [0.25, 0.3) is 5.91 Å². The van der Waals surface area contributed by atoms with Crippen LogP contribution < -0.4 is 10.6 Å². The van der Waals surface area contributed by atoms with Crippen molar-refractivity contribution in [1.29, 1.82) is 0 Å². The summed E-state index contributed by atoms with van der Waals surface area (Å²) in [6.07, 6.45) is -12.4. The van der Waals surface area contributed by atoms with Crippen molar-refractivity contribution in [2.45, 2.75) is 220 Å². The number of ether oxygens (including phenoxy) is 11. The van der Waals surface area contributed by atoms with Crippen molar-refractivity contribution in [2.75, 3.05) is 54.1 Å². The number of carbonyl (C=O) groups is 5. The van der Waals surface area contributed by atoms with Gasteiger partial charge in [0.05, 0.1) is 67.1 Å². The van der Waals surface area contributed by atoms with Crippen molar-refractivity contribution < 1.29 is 96.2 Å². The monoisotopic (exact) mass is 1210 g/mol. The fourth-order valence-electron chi connectivity index (χ4n) is 12.2. The molecule has 1 aromatic heterocycles. The second-order valence-electron chi connectivity index (χ2n) is 24.2. The van der Waals surface area contributed by atoms with Crippen LogP contribution in [-0.4, -0.2) is 217 Å². The molecule has 1 aromatic rings. The molecule has 4 aliphatic heterocycles. The zero-order valence-corrected chi connectivity index (χ0v) is 52.8. The SMILES string of the molecule is CCN1C[C@H](C)O[C@@H](O[C@H]2[C@H](C)[C@@H](O[C@@H]3O[C@H](C)CC(=NOC)[C@H]3O)[C@@H](C)C[C@](C)(OC(=O)NCCNC(=O)c3cnc(O)cn3)C(=O)[C@H](C)[C@H](OC(=O)CC(C)C)[C@@H](C)C([C@@H](C)CO[C@@H]3O[C@H](C)[C@@H](O)[C@@H](OC)[C@H]3OC)OC(=O)[C@@H]2C)C[C@H]1C. The summed E-state index contributed by atoms with van der Waals surface area (Å²) < 4.78 is 70.4. The van der Waals surface area contributed by atoms with Crippen LogP contribution in [0.1, 0.15) is 133 Å². The molecule has 5 rings (SSSR count). The Hall–Kier alpha value is -4.74. The summed E-state index contributed by atoms with van der Waals surface area (Å²) in [6, 6.07) is -0.00713. The molecule has 1 unspecified atom stereocenters. The molecule has 0 saturated carbocycles. The predicted octanol–water partition coefficient (Wildman–Crippen LogP) is 4.32. The molecule has 26 nitrogen and oxygen atoms in total. The van der Waals surface area contributed by atoms with E-state index in [0.717, 1.165) is 18.9 Å². The Balaban J connectivity index is 1.67. The minimum atomic E-state index is -2.07. The molecule has 2 amide bonds. The number of aromatic nitrogens is 2. The van der Waals surface area contributed by atoms with Gasteiger partial charge >= 0.3 is 18.0 Å². The molecule has 0 aromatic carbocycles. The number of esters is 2. The molecule has 85 heavy (non-hydrogen) atoms. The first-order valence-electron chi connectivity index (χ1n) is 29.9. The van der Waals surface area contributed by atoms with E-state index in [0.29, 0.717) is 13.0 Å². The molecule has 0 spiro atoms. The topological polar surface area (TPSA) is 322 Å². The van der Waals surface area contributed by atoms with Crippen LogP contribution in [0.5, 0.6) is 5.88 Å². The number of aromatic hydroxyl groups is 1. The van der Waals surface area contributed by atoms with Crippen molar-refractivity contribution in [3.8, 4) is 5.88 Å². The van der Waals surface area contributed by atoms with Gasteiger partial charge in [0.1, 0.15) is 49.4 Å². The van der Waals surface area contributed by atoms with Crippen LogP contribution in [0.2, 0.25) is 0 Å². The Morgan fingerprint density at radius 3 is 2.13 bits per heavy atom. The highest BCUT2D eigenvalue weighted by molar-refractivity contribution is 5.92. The fraction of sp³-hybridized carbons (Fsp3) is 0.831. The van der Waals surface area contributed by atoms with Crippen molar-refractivity contribution in [3.05, 3.63) is 18.1 Å². The van der Waals surface area contributed by atoms with E-state index in [4.69, 9.17) is 56.9 Å². The van der Waals surface area contributed by atoms with Gasteiger partial charge in [-0.05, 0) is 66.3 Å². The normalized spacial score (nSPS) is 37.4. The molecule has 484 valence electrons. The highest BCUT2D eigenvalue weighted by atomic mass is 16.7. The molecule has 22 atom stereocenters. The fourth-order valence-corrected chi connectivity index (χ4v) is 12.2. The van der Waals surface area contributed by atoms with Crippen LogP contribution >= 0.6 is 0 Å². The van der Waals surface area contributed by atoms with Gasteiger partial charge < -0.3 is 82.9 Å². The van der Waals surface area contributed by atoms with Gasteiger partial charge in [-0.1, -0.05) is 60.5 Å². The first kappa shape index (κ1) is 71.0. The quantitative estimate of drug-likeness (QED) is 0.0525. The summed E-state index contributed by atoms with van der Waals surface area (Å²) in [5.41, 5.74) is -1.91. The van der Waals surface area contributed by atoms with Crippen LogP contribution in [0.4, 0.5) is 4.79 Å². The number of oxime groups is 1. The summed E-state index contributed by atoms with van der Waals surface area (Å²) in [4.78, 5) is 87.4. The number of Topliss-reactive ketones (excluding diaryl/α,β-unsaturated/α-hetero) is 1. The standard InChI is InChI=1S/C59H98N6O20/c1-18-65-27-34(8)78-44(22-32(65)6)82-50-35(9)47(84-56-46(69)40(64-76-17)23-33(7)79-56)30(4)24-59(14,85-58(73)61-20-19-60-54(71)41-25-63-42(66)26-62-41)53(70)37(11)49(81-43(67)21-29(2)3)36(10)48(83-55(72)38(50)12)31(5)28-77-57-52(75-16)51(74-15)45(68)39(13)80-57/h25-26,29-39,44-52,56-57,68-69H,18-24,27-28H2,1-17H3,(H,60,71)(H,61,73)(H,63,66)/t30-,31-,32+,33+,34-,35+,36-,37+,38+,39+,44-,45+,46+,47-,48?,49+,50-,51+,52+,56-,57+,59-/m0/s1. The van der Waals surface area contributed by atoms with Crippen LogP contribution in [0, 0.1) is 41.4 Å². The van der Waals surface area contributed by atoms with Gasteiger partial charge in [0.15, 0.2) is 30.3 Å². The van der Waals surface area contributed by atoms with Gasteiger partial charge in [-0.15, -0.1) is 0 Å². The molecular weight excluding hydrogens is 1110 g/mol. The van der Waals surface area contributed by atoms with E-state index in [1.807, 2.05) is 27.7 Å². The van der Waals surface area contributed by atoms with Gasteiger partial charge in [-0.2, -0.15) is 0 Å². The molecule has 26 heteroatoms. The predicted molar refractivity (Wildman–Crippen MR) is 305 cm³/mol. The third kappa shape index (κ3) is 18.9. The maximum atomic E-state index is 15.9. The van der Waals surface area contributed by atoms with E-state index in [2.05, 4.69) is 44.5 Å². The molecule has 5 N–H and O–H groups in total. The second-order valence-corrected chi connectivity index (χ2v) is 24.2. The lowest BCUT2D eigenvalue weighted by atomic mass is 9.74. The van der Waals surface area contributed by atoms with Gasteiger partial charge in [0, 0.05) is 76.9 Å². The number of likely N-dealkylation sites (N-methyl/N-ethyl adjacent to an activating group) is 1. The number of amides is 2. The number of hydrogen-bond donors (Lipinski definition) is 5. The van der Waals surface area contributed by atoms with Gasteiger partial charge in [0.2, 0.25) is 5.88 Å². The zero-order chi connectivity index (χ0) is 63.2. The number of ketones is 1. The largest absolute Gasteiger partial charge is 0.492 e. The molecular formula is C59H98N6O20. The Morgan fingerprint density at radius 2 is 1.51 bits per heavy atom. The minimum Gasteiger partial charge on any atom is -0.492 e. The lowest BCUT2D eigenvalue weighted by molar-refractivity contribution is -0.305. The molecule has 0 bridgehead atoms. The highest BCUT2D eigenvalue weighted by Crippen LogP contribution is 2.40. The molecule has 4 saturated heterocycles. The number of nitrogens with zero attached hydrogens (tertiary/aromatic N) is 4. The molecule has 0 radical (unpaired) electrons. The number of methoxy groups -OCH3 is 2. The molecule has 4 aliphatic rings. The Kier molecular flexibility index (Phi) is 27.1. The third-order valence-corrected chi connectivity index (χ3v) is 16.7. The van der Waals surface area contributed by atoms with E-state index < -0.39 is 151 Å². The van der Waals surface area contributed by atoms with E-state index in [9.17, 15) is 29.7 Å². The highest BCUT2D eigenvalue weighted by Gasteiger charge is 2.53. The number of aliphatic hydroxyl groups excluding tert-OH is 2. The summed E-state index contributed by atoms with van der Waals surface area (Å²) in [5, 5.41) is 41.7. The summed E-state index contributed by atoms with van der Waals surface area (Å²) in [5.74, 6) is -8.97.